The molecule has 1 aliphatic carbocycles. The molecule has 4 nitrogen and oxygen atoms in total. The first kappa shape index (κ1) is 12.9. The number of nitrogens with zero attached hydrogens (tertiary/aromatic N) is 1. The summed E-state index contributed by atoms with van der Waals surface area (Å²) in [7, 11) is 0. The maximum absolute atomic E-state index is 11.8. The van der Waals surface area contributed by atoms with Gasteiger partial charge in [0.15, 0.2) is 6.61 Å². The maximum Gasteiger partial charge on any atom is 0.258 e. The van der Waals surface area contributed by atoms with Gasteiger partial charge in [-0.05, 0) is 24.8 Å². The highest BCUT2D eigenvalue weighted by Crippen LogP contribution is 2.23. The number of carbonyl (C=O) groups excluding carboxylic acids is 1. The summed E-state index contributed by atoms with van der Waals surface area (Å²) in [6.07, 6.45) is 6.41. The van der Waals surface area contributed by atoms with Crippen molar-refractivity contribution in [3.05, 3.63) is 24.4 Å². The van der Waals surface area contributed by atoms with Crippen LogP contribution >= 0.6 is 0 Å². The summed E-state index contributed by atoms with van der Waals surface area (Å²) in [5, 5.41) is 3.05. The number of hydrogen-bond donors (Lipinski definition) is 1. The molecule has 98 valence electrons. The monoisotopic (exact) mass is 248 g/mol. The van der Waals surface area contributed by atoms with Crippen molar-refractivity contribution in [3.8, 4) is 5.88 Å². The Hall–Kier alpha value is -1.58. The number of nitrogens with one attached hydrogen (secondary N) is 1. The van der Waals surface area contributed by atoms with E-state index in [4.69, 9.17) is 4.74 Å². The first-order valence-electron chi connectivity index (χ1n) is 6.59. The largest absolute Gasteiger partial charge is 0.468 e. The molecule has 4 heteroatoms. The Morgan fingerprint density at radius 3 is 3.00 bits per heavy atom. The van der Waals surface area contributed by atoms with E-state index in [-0.39, 0.29) is 12.5 Å². The number of amides is 1. The van der Waals surface area contributed by atoms with Gasteiger partial charge in [-0.3, -0.25) is 4.79 Å². The second-order valence-corrected chi connectivity index (χ2v) is 4.89. The van der Waals surface area contributed by atoms with Crippen LogP contribution in [-0.2, 0) is 4.79 Å². The fourth-order valence-electron chi connectivity index (χ4n) is 2.35. The zero-order valence-electron chi connectivity index (χ0n) is 10.8. The molecule has 0 spiro atoms. The van der Waals surface area contributed by atoms with E-state index in [1.54, 1.807) is 12.3 Å². The van der Waals surface area contributed by atoms with Crippen molar-refractivity contribution in [2.75, 3.05) is 6.61 Å². The highest BCUT2D eigenvalue weighted by atomic mass is 16.5. The fraction of sp³-hybridized carbons (Fsp3) is 0.571. The fourth-order valence-corrected chi connectivity index (χ4v) is 2.35. The van der Waals surface area contributed by atoms with Crippen molar-refractivity contribution in [2.45, 2.75) is 38.6 Å². The number of ether oxygens (including phenoxy) is 1. The first-order valence-corrected chi connectivity index (χ1v) is 6.59. The van der Waals surface area contributed by atoms with E-state index in [1.807, 2.05) is 12.1 Å². The van der Waals surface area contributed by atoms with Crippen LogP contribution in [0.4, 0.5) is 0 Å². The van der Waals surface area contributed by atoms with E-state index < -0.39 is 0 Å². The smallest absolute Gasteiger partial charge is 0.258 e. The average Bonchev–Trinajstić information content (AvgIpc) is 2.40. The van der Waals surface area contributed by atoms with Crippen LogP contribution in [0.1, 0.15) is 32.6 Å². The molecule has 1 aliphatic rings. The molecule has 0 aliphatic heterocycles. The molecule has 1 aromatic heterocycles. The average molecular weight is 248 g/mol. The van der Waals surface area contributed by atoms with Gasteiger partial charge >= 0.3 is 0 Å². The van der Waals surface area contributed by atoms with Crippen LogP contribution in [0.5, 0.6) is 5.88 Å². The Labute approximate surface area is 108 Å². The van der Waals surface area contributed by atoms with Gasteiger partial charge in [-0.1, -0.05) is 25.8 Å². The van der Waals surface area contributed by atoms with Crippen LogP contribution in [0.2, 0.25) is 0 Å². The number of hydrogen-bond acceptors (Lipinski definition) is 3. The van der Waals surface area contributed by atoms with Crippen LogP contribution < -0.4 is 10.1 Å². The van der Waals surface area contributed by atoms with E-state index in [1.165, 1.54) is 19.3 Å². The summed E-state index contributed by atoms with van der Waals surface area (Å²) < 4.78 is 5.32. The lowest BCUT2D eigenvalue weighted by molar-refractivity contribution is -0.124. The van der Waals surface area contributed by atoms with Crippen molar-refractivity contribution < 1.29 is 9.53 Å². The normalized spacial score (nSPS) is 23.4. The third-order valence-corrected chi connectivity index (χ3v) is 3.45. The van der Waals surface area contributed by atoms with E-state index in [0.29, 0.717) is 17.8 Å². The molecular weight excluding hydrogens is 228 g/mol. The predicted molar refractivity (Wildman–Crippen MR) is 69.3 cm³/mol. The zero-order valence-corrected chi connectivity index (χ0v) is 10.8. The van der Waals surface area contributed by atoms with Crippen molar-refractivity contribution >= 4 is 5.91 Å². The maximum atomic E-state index is 11.8. The molecule has 0 saturated heterocycles. The summed E-state index contributed by atoms with van der Waals surface area (Å²) in [6, 6.07) is 5.70. The third-order valence-electron chi connectivity index (χ3n) is 3.45. The summed E-state index contributed by atoms with van der Waals surface area (Å²) in [5.41, 5.74) is 0. The molecule has 1 aromatic rings. The second kappa shape index (κ2) is 6.38. The molecule has 2 rings (SSSR count). The van der Waals surface area contributed by atoms with Crippen LogP contribution in [-0.4, -0.2) is 23.5 Å². The molecule has 0 unspecified atom stereocenters. The van der Waals surface area contributed by atoms with Gasteiger partial charge in [-0.25, -0.2) is 4.98 Å². The number of carbonyl (C=O) groups is 1. The molecule has 2 atom stereocenters. The summed E-state index contributed by atoms with van der Waals surface area (Å²) in [4.78, 5) is 15.8. The van der Waals surface area contributed by atoms with Gasteiger partial charge in [0.05, 0.1) is 0 Å². The SMILES string of the molecule is C[C@@H]1CCCC[C@@H]1NC(=O)COc1ccccn1. The lowest BCUT2D eigenvalue weighted by atomic mass is 9.86. The molecule has 0 aromatic carbocycles. The summed E-state index contributed by atoms with van der Waals surface area (Å²) in [6.45, 7) is 2.24. The highest BCUT2D eigenvalue weighted by Gasteiger charge is 2.22. The van der Waals surface area contributed by atoms with Crippen molar-refractivity contribution in [2.24, 2.45) is 5.92 Å². The van der Waals surface area contributed by atoms with Gasteiger partial charge in [-0.2, -0.15) is 0 Å². The molecule has 1 amide bonds. The van der Waals surface area contributed by atoms with Crippen molar-refractivity contribution in [3.63, 3.8) is 0 Å². The predicted octanol–water partition coefficient (Wildman–Crippen LogP) is 2.16. The Morgan fingerprint density at radius 2 is 2.28 bits per heavy atom. The van der Waals surface area contributed by atoms with Crippen molar-refractivity contribution in [1.29, 1.82) is 0 Å². The summed E-state index contributed by atoms with van der Waals surface area (Å²) >= 11 is 0. The Balaban J connectivity index is 1.75. The zero-order chi connectivity index (χ0) is 12.8. The standard InChI is InChI=1S/C14H20N2O2/c1-11-6-2-3-7-12(11)16-13(17)10-18-14-8-4-5-9-15-14/h4-5,8-9,11-12H,2-3,6-7,10H2,1H3,(H,16,17)/t11-,12+/m1/s1. The lowest BCUT2D eigenvalue weighted by Crippen LogP contribution is -2.43. The topological polar surface area (TPSA) is 51.2 Å². The Bertz CT molecular complexity index is 381. The molecule has 0 bridgehead atoms. The molecule has 1 fully saturated rings. The highest BCUT2D eigenvalue weighted by molar-refractivity contribution is 5.77. The van der Waals surface area contributed by atoms with E-state index in [2.05, 4.69) is 17.2 Å². The minimum absolute atomic E-state index is 0.0419. The molecule has 1 heterocycles. The molecule has 1 N–H and O–H groups in total. The third kappa shape index (κ3) is 3.72. The van der Waals surface area contributed by atoms with E-state index in [9.17, 15) is 4.79 Å². The van der Waals surface area contributed by atoms with E-state index >= 15 is 0 Å². The lowest BCUT2D eigenvalue weighted by Gasteiger charge is -2.29. The van der Waals surface area contributed by atoms with Crippen LogP contribution in [0.15, 0.2) is 24.4 Å². The molecular formula is C14H20N2O2. The van der Waals surface area contributed by atoms with Gasteiger partial charge in [0.2, 0.25) is 5.88 Å². The molecule has 18 heavy (non-hydrogen) atoms. The summed E-state index contributed by atoms with van der Waals surface area (Å²) in [5.74, 6) is 1.00. The van der Waals surface area contributed by atoms with E-state index in [0.717, 1.165) is 6.42 Å². The van der Waals surface area contributed by atoms with Crippen LogP contribution in [0.25, 0.3) is 0 Å². The number of pyridine rings is 1. The van der Waals surface area contributed by atoms with Crippen molar-refractivity contribution in [1.82, 2.24) is 10.3 Å². The second-order valence-electron chi connectivity index (χ2n) is 4.89. The van der Waals surface area contributed by atoms with Gasteiger partial charge in [0.1, 0.15) is 0 Å². The Morgan fingerprint density at radius 1 is 1.44 bits per heavy atom. The van der Waals surface area contributed by atoms with Gasteiger partial charge < -0.3 is 10.1 Å². The van der Waals surface area contributed by atoms with Gasteiger partial charge in [-0.15, -0.1) is 0 Å². The minimum atomic E-state index is -0.0561. The minimum Gasteiger partial charge on any atom is -0.468 e. The number of rotatable bonds is 4. The van der Waals surface area contributed by atoms with Crippen LogP contribution in [0, 0.1) is 5.92 Å². The quantitative estimate of drug-likeness (QED) is 0.888. The van der Waals surface area contributed by atoms with Crippen LogP contribution in [0.3, 0.4) is 0 Å². The van der Waals surface area contributed by atoms with Gasteiger partial charge in [0, 0.05) is 18.3 Å². The molecule has 1 saturated carbocycles. The first-order chi connectivity index (χ1) is 8.75. The van der Waals surface area contributed by atoms with Gasteiger partial charge in [0.25, 0.3) is 5.91 Å². The number of aromatic nitrogens is 1. The molecule has 0 radical (unpaired) electrons. The Kier molecular flexibility index (Phi) is 4.56.